The fourth-order valence-corrected chi connectivity index (χ4v) is 4.07. The Labute approximate surface area is 175 Å². The van der Waals surface area contributed by atoms with Crippen LogP contribution in [0.3, 0.4) is 0 Å². The number of halogens is 2. The van der Waals surface area contributed by atoms with Crippen LogP contribution in [-0.4, -0.2) is 49.6 Å². The number of hydrogen-bond acceptors (Lipinski definition) is 5. The van der Waals surface area contributed by atoms with E-state index in [0.29, 0.717) is 22.4 Å². The van der Waals surface area contributed by atoms with E-state index in [9.17, 15) is 4.79 Å². The van der Waals surface area contributed by atoms with Gasteiger partial charge < -0.3 is 9.64 Å². The van der Waals surface area contributed by atoms with Crippen molar-refractivity contribution in [2.75, 3.05) is 38.7 Å². The molecule has 0 aliphatic rings. The summed E-state index contributed by atoms with van der Waals surface area (Å²) in [6.07, 6.45) is 0. The largest absolute Gasteiger partial charge is 0.484 e. The van der Waals surface area contributed by atoms with E-state index in [0.717, 1.165) is 21.2 Å². The van der Waals surface area contributed by atoms with E-state index < -0.39 is 0 Å². The van der Waals surface area contributed by atoms with Crippen LogP contribution in [-0.2, 0) is 4.79 Å². The number of aromatic nitrogens is 1. The first-order valence-corrected chi connectivity index (χ1v) is 10.3. The van der Waals surface area contributed by atoms with E-state index in [2.05, 4.69) is 20.9 Å². The lowest BCUT2D eigenvalue weighted by molar-refractivity contribution is -0.120. The Bertz CT molecular complexity index is 930. The smallest absolute Gasteiger partial charge is 0.266 e. The number of carbonyl (C=O) groups excluding carboxylic acids is 1. The van der Waals surface area contributed by atoms with Gasteiger partial charge in [0.15, 0.2) is 11.7 Å². The predicted octanol–water partition coefficient (Wildman–Crippen LogP) is 4.69. The average Bonchev–Trinajstić information content (AvgIpc) is 3.03. The van der Waals surface area contributed by atoms with Crippen LogP contribution in [0.2, 0.25) is 5.02 Å². The summed E-state index contributed by atoms with van der Waals surface area (Å²) in [6.45, 7) is 1.21. The van der Waals surface area contributed by atoms with E-state index in [1.54, 1.807) is 29.2 Å². The van der Waals surface area contributed by atoms with Crippen molar-refractivity contribution in [1.29, 1.82) is 0 Å². The van der Waals surface area contributed by atoms with Crippen molar-refractivity contribution in [1.82, 2.24) is 9.88 Å². The number of benzene rings is 2. The third-order valence-corrected chi connectivity index (χ3v) is 5.60. The highest BCUT2D eigenvalue weighted by molar-refractivity contribution is 9.10. The molecule has 0 aliphatic carbocycles. The highest BCUT2D eigenvalue weighted by atomic mass is 79.9. The van der Waals surface area contributed by atoms with Crippen molar-refractivity contribution in [3.05, 3.63) is 52.0 Å². The van der Waals surface area contributed by atoms with Gasteiger partial charge in [-0.25, -0.2) is 4.98 Å². The lowest BCUT2D eigenvalue weighted by atomic mass is 10.3. The second kappa shape index (κ2) is 9.01. The molecule has 1 heterocycles. The van der Waals surface area contributed by atoms with E-state index in [4.69, 9.17) is 16.3 Å². The van der Waals surface area contributed by atoms with Crippen LogP contribution >= 0.6 is 38.9 Å². The van der Waals surface area contributed by atoms with Gasteiger partial charge in [-0.2, -0.15) is 0 Å². The van der Waals surface area contributed by atoms with Crippen LogP contribution in [0.25, 0.3) is 10.2 Å². The van der Waals surface area contributed by atoms with Crippen molar-refractivity contribution in [2.45, 2.75) is 0 Å². The Morgan fingerprint density at radius 1 is 1.19 bits per heavy atom. The molecule has 8 heteroatoms. The summed E-state index contributed by atoms with van der Waals surface area (Å²) in [5, 5.41) is 1.30. The normalized spacial score (nSPS) is 11.1. The van der Waals surface area contributed by atoms with Crippen molar-refractivity contribution < 1.29 is 9.53 Å². The first kappa shape index (κ1) is 20.1. The molecule has 0 aliphatic heterocycles. The summed E-state index contributed by atoms with van der Waals surface area (Å²) >= 11 is 10.9. The molecule has 3 rings (SSSR count). The van der Waals surface area contributed by atoms with Crippen molar-refractivity contribution in [3.63, 3.8) is 0 Å². The molecule has 27 heavy (non-hydrogen) atoms. The third-order valence-electron chi connectivity index (χ3n) is 3.82. The molecule has 0 radical (unpaired) electrons. The van der Waals surface area contributed by atoms with Gasteiger partial charge in [-0.05, 0) is 56.6 Å². The maximum Gasteiger partial charge on any atom is 0.266 e. The highest BCUT2D eigenvalue weighted by Gasteiger charge is 2.20. The molecule has 0 saturated heterocycles. The monoisotopic (exact) mass is 467 g/mol. The molecule has 1 aromatic heterocycles. The first-order chi connectivity index (χ1) is 12.9. The Hall–Kier alpha value is -1.67. The number of hydrogen-bond donors (Lipinski definition) is 0. The Kier molecular flexibility index (Phi) is 6.70. The van der Waals surface area contributed by atoms with Crippen LogP contribution in [0.5, 0.6) is 5.75 Å². The zero-order valence-corrected chi connectivity index (χ0v) is 18.1. The van der Waals surface area contributed by atoms with Crippen molar-refractivity contribution in [3.8, 4) is 5.75 Å². The molecule has 0 spiro atoms. The fourth-order valence-electron chi connectivity index (χ4n) is 2.38. The standard InChI is InChI=1S/C19H19BrClN3O2S/c1-23(2)9-10-24(18(25)12-26-15-6-4-14(21)5-7-15)19-22-16-8-3-13(20)11-17(16)27-19/h3-8,11H,9-10,12H2,1-2H3. The van der Waals surface area contributed by atoms with E-state index in [1.807, 2.05) is 37.2 Å². The number of ether oxygens (including phenoxy) is 1. The minimum absolute atomic E-state index is 0.0608. The Morgan fingerprint density at radius 3 is 2.63 bits per heavy atom. The highest BCUT2D eigenvalue weighted by Crippen LogP contribution is 2.31. The minimum atomic E-state index is -0.134. The number of thiazole rings is 1. The molecule has 2 aromatic carbocycles. The molecular weight excluding hydrogens is 450 g/mol. The predicted molar refractivity (Wildman–Crippen MR) is 115 cm³/mol. The van der Waals surface area contributed by atoms with Crippen molar-refractivity contribution in [2.24, 2.45) is 0 Å². The lowest BCUT2D eigenvalue weighted by Crippen LogP contribution is -2.39. The number of carbonyl (C=O) groups is 1. The first-order valence-electron chi connectivity index (χ1n) is 8.32. The van der Waals surface area contributed by atoms with Gasteiger partial charge in [-0.1, -0.05) is 38.9 Å². The molecule has 0 N–H and O–H groups in total. The average molecular weight is 469 g/mol. The molecule has 0 unspecified atom stereocenters. The Morgan fingerprint density at radius 2 is 1.93 bits per heavy atom. The number of rotatable bonds is 7. The summed E-state index contributed by atoms with van der Waals surface area (Å²) in [4.78, 5) is 21.2. The second-order valence-electron chi connectivity index (χ2n) is 6.20. The van der Waals surface area contributed by atoms with Gasteiger partial charge in [0.05, 0.1) is 10.2 Å². The number of amides is 1. The summed E-state index contributed by atoms with van der Waals surface area (Å²) in [7, 11) is 3.95. The van der Waals surface area contributed by atoms with E-state index in [1.165, 1.54) is 11.3 Å². The molecule has 0 fully saturated rings. The van der Waals surface area contributed by atoms with E-state index >= 15 is 0 Å². The number of fused-ring (bicyclic) bond motifs is 1. The van der Waals surface area contributed by atoms with Crippen LogP contribution < -0.4 is 9.64 Å². The summed E-state index contributed by atoms with van der Waals surface area (Å²) in [5.74, 6) is 0.471. The van der Waals surface area contributed by atoms with Gasteiger partial charge in [0.1, 0.15) is 5.75 Å². The number of anilines is 1. The van der Waals surface area contributed by atoms with Gasteiger partial charge in [0.25, 0.3) is 5.91 Å². The zero-order chi connectivity index (χ0) is 19.4. The van der Waals surface area contributed by atoms with Crippen LogP contribution in [0.15, 0.2) is 46.9 Å². The van der Waals surface area contributed by atoms with Gasteiger partial charge in [0.2, 0.25) is 0 Å². The number of likely N-dealkylation sites (N-methyl/N-ethyl adjacent to an activating group) is 1. The van der Waals surface area contributed by atoms with E-state index in [-0.39, 0.29) is 12.5 Å². The van der Waals surface area contributed by atoms with Crippen molar-refractivity contribution >= 4 is 60.1 Å². The molecule has 5 nitrogen and oxygen atoms in total. The summed E-state index contributed by atoms with van der Waals surface area (Å²) < 4.78 is 7.65. The third kappa shape index (κ3) is 5.42. The molecular formula is C19H19BrClN3O2S. The maximum atomic E-state index is 12.9. The molecule has 0 saturated carbocycles. The van der Waals surface area contributed by atoms with Gasteiger partial charge in [-0.3, -0.25) is 9.69 Å². The number of nitrogens with zero attached hydrogens (tertiary/aromatic N) is 3. The minimum Gasteiger partial charge on any atom is -0.484 e. The molecule has 0 atom stereocenters. The maximum absolute atomic E-state index is 12.9. The molecule has 142 valence electrons. The summed E-state index contributed by atoms with van der Waals surface area (Å²) in [5.41, 5.74) is 0.875. The molecule has 3 aromatic rings. The fraction of sp³-hybridized carbons (Fsp3) is 0.263. The molecule has 1 amide bonds. The van der Waals surface area contributed by atoms with Gasteiger partial charge in [-0.15, -0.1) is 0 Å². The quantitative estimate of drug-likeness (QED) is 0.505. The zero-order valence-electron chi connectivity index (χ0n) is 15.0. The van der Waals surface area contributed by atoms with Crippen LogP contribution in [0, 0.1) is 0 Å². The van der Waals surface area contributed by atoms with Gasteiger partial charge in [0, 0.05) is 22.6 Å². The topological polar surface area (TPSA) is 45.7 Å². The second-order valence-corrected chi connectivity index (χ2v) is 8.56. The summed E-state index contributed by atoms with van der Waals surface area (Å²) in [6, 6.07) is 12.9. The van der Waals surface area contributed by atoms with Gasteiger partial charge >= 0.3 is 0 Å². The Balaban J connectivity index is 1.78. The lowest BCUT2D eigenvalue weighted by Gasteiger charge is -2.22. The molecule has 0 bridgehead atoms. The van der Waals surface area contributed by atoms with Crippen LogP contribution in [0.1, 0.15) is 0 Å². The SMILES string of the molecule is CN(C)CCN(C(=O)COc1ccc(Cl)cc1)c1nc2ccc(Br)cc2s1. The van der Waals surface area contributed by atoms with Crippen LogP contribution in [0.4, 0.5) is 5.13 Å².